The molecule has 4 nitrogen and oxygen atoms in total. The Hall–Kier alpha value is -1.84. The molecule has 0 spiro atoms. The minimum Gasteiger partial charge on any atom is -0.508 e. The highest BCUT2D eigenvalue weighted by Crippen LogP contribution is 2.37. The fourth-order valence-electron chi connectivity index (χ4n) is 2.54. The highest BCUT2D eigenvalue weighted by atomic mass is 16.4. The molecule has 0 aliphatic heterocycles. The van der Waals surface area contributed by atoms with Crippen molar-refractivity contribution in [2.45, 2.75) is 32.1 Å². The third kappa shape index (κ3) is 2.23. The van der Waals surface area contributed by atoms with Crippen molar-refractivity contribution >= 4 is 11.8 Å². The molecule has 1 aliphatic rings. The fraction of sp³-hybridized carbons (Fsp3) is 0.429. The summed E-state index contributed by atoms with van der Waals surface area (Å²) in [6.07, 6.45) is 2.52. The zero-order valence-electron chi connectivity index (χ0n) is 10.1. The van der Waals surface area contributed by atoms with Crippen molar-refractivity contribution in [1.82, 2.24) is 0 Å². The maximum absolute atomic E-state index is 12.0. The molecule has 2 rings (SSSR count). The Morgan fingerprint density at radius 3 is 2.44 bits per heavy atom. The Kier molecular flexibility index (Phi) is 3.36. The Morgan fingerprint density at radius 2 is 1.89 bits per heavy atom. The second kappa shape index (κ2) is 4.80. The summed E-state index contributed by atoms with van der Waals surface area (Å²) >= 11 is 0. The van der Waals surface area contributed by atoms with Gasteiger partial charge in [0.05, 0.1) is 0 Å². The molecule has 18 heavy (non-hydrogen) atoms. The van der Waals surface area contributed by atoms with E-state index < -0.39 is 11.4 Å². The lowest BCUT2D eigenvalue weighted by Crippen LogP contribution is -2.43. The molecule has 0 aromatic heterocycles. The highest BCUT2D eigenvalue weighted by Gasteiger charge is 2.46. The third-order valence-electron chi connectivity index (χ3n) is 3.64. The van der Waals surface area contributed by atoms with E-state index in [1.54, 1.807) is 12.1 Å². The molecule has 1 aromatic rings. The predicted octanol–water partition coefficient (Wildman–Crippen LogP) is 2.15. The summed E-state index contributed by atoms with van der Waals surface area (Å²) in [6.45, 7) is 0. The summed E-state index contributed by atoms with van der Waals surface area (Å²) in [6, 6.07) is 6.36. The van der Waals surface area contributed by atoms with Gasteiger partial charge in [-0.2, -0.15) is 0 Å². The van der Waals surface area contributed by atoms with Crippen molar-refractivity contribution in [3.8, 4) is 5.75 Å². The van der Waals surface area contributed by atoms with Gasteiger partial charge in [0, 0.05) is 6.42 Å². The van der Waals surface area contributed by atoms with Gasteiger partial charge in [0.15, 0.2) is 5.78 Å². The maximum Gasteiger partial charge on any atom is 0.317 e. The number of phenols is 1. The Morgan fingerprint density at radius 1 is 1.22 bits per heavy atom. The Bertz CT molecular complexity index is 463. The second-order valence-corrected chi connectivity index (χ2v) is 4.86. The first-order chi connectivity index (χ1) is 8.54. The summed E-state index contributed by atoms with van der Waals surface area (Å²) in [5.41, 5.74) is -0.500. The van der Waals surface area contributed by atoms with Crippen molar-refractivity contribution in [1.29, 1.82) is 0 Å². The standard InChI is InChI=1S/C14H16O4/c15-11-6-4-10(5-7-11)9-14(13(17)18)8-2-1-3-12(14)16/h4-7,15H,1-3,8-9H2,(H,17,18). The maximum atomic E-state index is 12.0. The largest absolute Gasteiger partial charge is 0.508 e. The van der Waals surface area contributed by atoms with Crippen LogP contribution in [0, 0.1) is 5.41 Å². The molecule has 2 N–H and O–H groups in total. The van der Waals surface area contributed by atoms with Crippen molar-refractivity contribution in [3.63, 3.8) is 0 Å². The van der Waals surface area contributed by atoms with Crippen LogP contribution < -0.4 is 0 Å². The number of carbonyl (C=O) groups is 2. The van der Waals surface area contributed by atoms with Gasteiger partial charge in [-0.05, 0) is 37.0 Å². The summed E-state index contributed by atoms with van der Waals surface area (Å²) < 4.78 is 0. The first kappa shape index (κ1) is 12.6. The number of ketones is 1. The number of carboxylic acid groups (broad SMARTS) is 1. The van der Waals surface area contributed by atoms with E-state index in [9.17, 15) is 19.8 Å². The fourth-order valence-corrected chi connectivity index (χ4v) is 2.54. The van der Waals surface area contributed by atoms with Gasteiger partial charge in [0.25, 0.3) is 0 Å². The van der Waals surface area contributed by atoms with Crippen molar-refractivity contribution in [2.24, 2.45) is 5.41 Å². The first-order valence-electron chi connectivity index (χ1n) is 6.09. The van der Waals surface area contributed by atoms with Crippen molar-refractivity contribution in [3.05, 3.63) is 29.8 Å². The molecular formula is C14H16O4. The van der Waals surface area contributed by atoms with Crippen LogP contribution in [0.15, 0.2) is 24.3 Å². The topological polar surface area (TPSA) is 74.6 Å². The first-order valence-corrected chi connectivity index (χ1v) is 6.09. The van der Waals surface area contributed by atoms with Gasteiger partial charge in [0.2, 0.25) is 0 Å². The highest BCUT2D eigenvalue weighted by molar-refractivity contribution is 6.03. The molecule has 1 fully saturated rings. The van der Waals surface area contributed by atoms with E-state index in [1.165, 1.54) is 12.1 Å². The van der Waals surface area contributed by atoms with Crippen molar-refractivity contribution < 1.29 is 19.8 Å². The number of phenolic OH excluding ortho intramolecular Hbond substituents is 1. The minimum absolute atomic E-state index is 0.137. The zero-order valence-corrected chi connectivity index (χ0v) is 10.1. The zero-order chi connectivity index (χ0) is 13.2. The lowest BCUT2D eigenvalue weighted by atomic mass is 9.69. The van der Waals surface area contributed by atoms with Crippen LogP contribution in [0.3, 0.4) is 0 Å². The van der Waals surface area contributed by atoms with E-state index in [2.05, 4.69) is 0 Å². The van der Waals surface area contributed by atoms with Crippen molar-refractivity contribution in [2.75, 3.05) is 0 Å². The van der Waals surface area contributed by atoms with Crippen LogP contribution in [0.5, 0.6) is 5.75 Å². The molecule has 1 saturated carbocycles. The smallest absolute Gasteiger partial charge is 0.317 e. The molecule has 0 bridgehead atoms. The van der Waals surface area contributed by atoms with Gasteiger partial charge in [-0.1, -0.05) is 18.6 Å². The predicted molar refractivity (Wildman–Crippen MR) is 65.4 cm³/mol. The van der Waals surface area contributed by atoms with Crippen LogP contribution in [0.2, 0.25) is 0 Å². The van der Waals surface area contributed by atoms with Gasteiger partial charge < -0.3 is 10.2 Å². The lowest BCUT2D eigenvalue weighted by molar-refractivity contribution is -0.157. The Labute approximate surface area is 105 Å². The molecule has 1 atom stereocenters. The molecule has 1 unspecified atom stereocenters. The molecular weight excluding hydrogens is 232 g/mol. The van der Waals surface area contributed by atoms with Gasteiger partial charge in [-0.25, -0.2) is 0 Å². The van der Waals surface area contributed by atoms with E-state index in [-0.39, 0.29) is 18.0 Å². The number of carbonyl (C=O) groups excluding carboxylic acids is 1. The molecule has 0 amide bonds. The number of Topliss-reactive ketones (excluding diaryl/α,β-unsaturated/α-hetero) is 1. The Balaban J connectivity index is 2.28. The van der Waals surface area contributed by atoms with E-state index in [1.807, 2.05) is 0 Å². The molecule has 0 radical (unpaired) electrons. The monoisotopic (exact) mass is 248 g/mol. The van der Waals surface area contributed by atoms with Crippen LogP contribution in [0.4, 0.5) is 0 Å². The van der Waals surface area contributed by atoms with E-state index in [0.29, 0.717) is 12.8 Å². The number of benzene rings is 1. The summed E-state index contributed by atoms with van der Waals surface area (Å²) in [7, 11) is 0. The number of hydrogen-bond donors (Lipinski definition) is 2. The van der Waals surface area contributed by atoms with Crippen LogP contribution in [0.25, 0.3) is 0 Å². The molecule has 0 saturated heterocycles. The normalized spacial score (nSPS) is 23.9. The summed E-state index contributed by atoms with van der Waals surface area (Å²) in [4.78, 5) is 23.5. The average Bonchev–Trinajstić information content (AvgIpc) is 2.35. The second-order valence-electron chi connectivity index (χ2n) is 4.86. The molecule has 1 aliphatic carbocycles. The number of rotatable bonds is 3. The van der Waals surface area contributed by atoms with E-state index >= 15 is 0 Å². The summed E-state index contributed by atoms with van der Waals surface area (Å²) in [5.74, 6) is -1.06. The lowest BCUT2D eigenvalue weighted by Gasteiger charge is -2.31. The molecule has 96 valence electrons. The van der Waals surface area contributed by atoms with Crippen LogP contribution in [-0.2, 0) is 16.0 Å². The number of carboxylic acids is 1. The SMILES string of the molecule is O=C(O)C1(Cc2ccc(O)cc2)CCCCC1=O. The average molecular weight is 248 g/mol. The van der Waals surface area contributed by atoms with Gasteiger partial charge in [-0.15, -0.1) is 0 Å². The quantitative estimate of drug-likeness (QED) is 0.804. The molecule has 4 heteroatoms. The number of hydrogen-bond acceptors (Lipinski definition) is 3. The number of aromatic hydroxyl groups is 1. The number of aliphatic carboxylic acids is 1. The van der Waals surface area contributed by atoms with Crippen LogP contribution >= 0.6 is 0 Å². The molecule has 1 aromatic carbocycles. The minimum atomic E-state index is -1.27. The van der Waals surface area contributed by atoms with Crippen LogP contribution in [-0.4, -0.2) is 22.0 Å². The third-order valence-corrected chi connectivity index (χ3v) is 3.64. The summed E-state index contributed by atoms with van der Waals surface area (Å²) in [5, 5.41) is 18.6. The molecule has 0 heterocycles. The van der Waals surface area contributed by atoms with Gasteiger partial charge in [-0.3, -0.25) is 9.59 Å². The van der Waals surface area contributed by atoms with E-state index in [0.717, 1.165) is 18.4 Å². The van der Waals surface area contributed by atoms with Gasteiger partial charge >= 0.3 is 5.97 Å². The van der Waals surface area contributed by atoms with Gasteiger partial charge in [0.1, 0.15) is 11.2 Å². The van der Waals surface area contributed by atoms with Crippen LogP contribution in [0.1, 0.15) is 31.2 Å². The van der Waals surface area contributed by atoms with E-state index in [4.69, 9.17) is 0 Å².